The maximum Gasteiger partial charge on any atom is 0.00313 e. The molecule has 0 aromatic heterocycles. The van der Waals surface area contributed by atoms with Gasteiger partial charge in [0.2, 0.25) is 0 Å². The van der Waals surface area contributed by atoms with Crippen LogP contribution in [0.2, 0.25) is 0 Å². The Bertz CT molecular complexity index is 258. The molecule has 0 rings (SSSR count). The summed E-state index contributed by atoms with van der Waals surface area (Å²) in [6, 6.07) is 0. The summed E-state index contributed by atoms with van der Waals surface area (Å²) in [6.07, 6.45) is 22.0. The second-order valence-electron chi connectivity index (χ2n) is 9.60. The van der Waals surface area contributed by atoms with Crippen molar-refractivity contribution in [1.82, 2.24) is 9.80 Å². The SMILES string of the molecule is BrCCCCCCCCCCCCBr.CCCN(CCC)CCC.CCCN(CCC)CCC. The predicted octanol–water partition coefficient (Wildman–Crippen LogP) is 10.7. The van der Waals surface area contributed by atoms with Crippen molar-refractivity contribution in [3.63, 3.8) is 0 Å². The predicted molar refractivity (Wildman–Crippen MR) is 168 cm³/mol. The van der Waals surface area contributed by atoms with E-state index in [1.54, 1.807) is 0 Å². The summed E-state index contributed by atoms with van der Waals surface area (Å²) in [6.45, 7) is 21.2. The van der Waals surface area contributed by atoms with Gasteiger partial charge in [0.25, 0.3) is 0 Å². The molecule has 0 aromatic carbocycles. The van der Waals surface area contributed by atoms with Gasteiger partial charge in [0, 0.05) is 10.7 Å². The zero-order valence-electron chi connectivity index (χ0n) is 24.6. The molecule has 0 radical (unpaired) electrons. The van der Waals surface area contributed by atoms with Gasteiger partial charge in [-0.05, 0) is 90.6 Å². The topological polar surface area (TPSA) is 6.48 Å². The molecule has 0 bridgehead atoms. The highest BCUT2D eigenvalue weighted by atomic mass is 79.9. The minimum Gasteiger partial charge on any atom is -0.303 e. The lowest BCUT2D eigenvalue weighted by Gasteiger charge is -2.19. The molecule has 0 fully saturated rings. The summed E-state index contributed by atoms with van der Waals surface area (Å²) in [4.78, 5) is 5.08. The molecule has 0 atom stereocenters. The Hall–Kier alpha value is 0.880. The van der Waals surface area contributed by atoms with Crippen molar-refractivity contribution in [3.8, 4) is 0 Å². The van der Waals surface area contributed by atoms with Gasteiger partial charge in [-0.1, -0.05) is 125 Å². The van der Waals surface area contributed by atoms with Crippen LogP contribution in [0.4, 0.5) is 0 Å². The van der Waals surface area contributed by atoms with E-state index in [1.165, 1.54) is 153 Å². The number of unbranched alkanes of at least 4 members (excludes halogenated alkanes) is 9. The van der Waals surface area contributed by atoms with Gasteiger partial charge in [-0.15, -0.1) is 0 Å². The van der Waals surface area contributed by atoms with Crippen molar-refractivity contribution in [3.05, 3.63) is 0 Å². The molecule has 210 valence electrons. The Balaban J connectivity index is -0.000000434. The molecule has 34 heavy (non-hydrogen) atoms. The molecule has 0 aromatic rings. The first-order chi connectivity index (χ1) is 16.6. The van der Waals surface area contributed by atoms with Crippen LogP contribution in [-0.2, 0) is 0 Å². The van der Waals surface area contributed by atoms with Crippen LogP contribution in [0.25, 0.3) is 0 Å². The Morgan fingerprint density at radius 1 is 0.324 bits per heavy atom. The van der Waals surface area contributed by atoms with Crippen molar-refractivity contribution >= 4 is 31.9 Å². The van der Waals surface area contributed by atoms with Gasteiger partial charge in [0.1, 0.15) is 0 Å². The highest BCUT2D eigenvalue weighted by Gasteiger charge is 1.99. The molecular weight excluding hydrogens is 548 g/mol. The van der Waals surface area contributed by atoms with Crippen LogP contribution in [0.1, 0.15) is 144 Å². The molecule has 0 aliphatic carbocycles. The van der Waals surface area contributed by atoms with Crippen LogP contribution < -0.4 is 0 Å². The highest BCUT2D eigenvalue weighted by molar-refractivity contribution is 9.09. The second-order valence-corrected chi connectivity index (χ2v) is 11.2. The maximum atomic E-state index is 3.46. The summed E-state index contributed by atoms with van der Waals surface area (Å²) in [5, 5.41) is 2.36. The normalized spacial score (nSPS) is 10.8. The molecular formula is C30H66Br2N2. The maximum absolute atomic E-state index is 3.46. The fraction of sp³-hybridized carbons (Fsp3) is 1.00. The van der Waals surface area contributed by atoms with E-state index in [2.05, 4.69) is 83.2 Å². The molecule has 0 aliphatic rings. The van der Waals surface area contributed by atoms with Gasteiger partial charge in [0.15, 0.2) is 0 Å². The third kappa shape index (κ3) is 37.4. The zero-order valence-corrected chi connectivity index (χ0v) is 27.8. The van der Waals surface area contributed by atoms with Crippen LogP contribution in [0.15, 0.2) is 0 Å². The van der Waals surface area contributed by atoms with E-state index in [9.17, 15) is 0 Å². The van der Waals surface area contributed by atoms with Gasteiger partial charge >= 0.3 is 0 Å². The first-order valence-electron chi connectivity index (χ1n) is 15.2. The number of nitrogens with zero attached hydrogens (tertiary/aromatic N) is 2. The van der Waals surface area contributed by atoms with E-state index in [1.807, 2.05) is 0 Å². The molecule has 0 saturated carbocycles. The molecule has 0 N–H and O–H groups in total. The zero-order chi connectivity index (χ0) is 26.1. The molecule has 0 saturated heterocycles. The van der Waals surface area contributed by atoms with E-state index in [0.717, 1.165) is 0 Å². The first kappa shape index (κ1) is 39.4. The standard InChI is InChI=1S/C12H24Br2.2C9H21N/c13-11-9-7-5-3-1-2-4-6-8-10-12-14;2*1-4-7-10(8-5-2)9-6-3/h1-12H2;2*4-9H2,1-3H3. The average molecular weight is 615 g/mol. The lowest BCUT2D eigenvalue weighted by molar-refractivity contribution is 0.275. The third-order valence-electron chi connectivity index (χ3n) is 5.76. The Labute approximate surface area is 235 Å². The van der Waals surface area contributed by atoms with Gasteiger partial charge in [-0.2, -0.15) is 0 Å². The number of rotatable bonds is 23. The molecule has 0 spiro atoms. The van der Waals surface area contributed by atoms with Crippen molar-refractivity contribution in [2.75, 3.05) is 49.9 Å². The molecule has 0 amide bonds. The fourth-order valence-electron chi connectivity index (χ4n) is 4.17. The van der Waals surface area contributed by atoms with E-state index in [4.69, 9.17) is 0 Å². The summed E-state index contributed by atoms with van der Waals surface area (Å²) >= 11 is 6.93. The highest BCUT2D eigenvalue weighted by Crippen LogP contribution is 2.11. The van der Waals surface area contributed by atoms with E-state index >= 15 is 0 Å². The van der Waals surface area contributed by atoms with Crippen LogP contribution in [0.5, 0.6) is 0 Å². The number of alkyl halides is 2. The summed E-state index contributed by atoms with van der Waals surface area (Å²) < 4.78 is 0. The largest absolute Gasteiger partial charge is 0.303 e. The summed E-state index contributed by atoms with van der Waals surface area (Å²) in [5.41, 5.74) is 0. The monoisotopic (exact) mass is 612 g/mol. The fourth-order valence-corrected chi connectivity index (χ4v) is 4.96. The first-order valence-corrected chi connectivity index (χ1v) is 17.4. The Morgan fingerprint density at radius 2 is 0.500 bits per heavy atom. The number of hydrogen-bond donors (Lipinski definition) is 0. The van der Waals surface area contributed by atoms with Crippen LogP contribution in [0.3, 0.4) is 0 Å². The van der Waals surface area contributed by atoms with Crippen LogP contribution >= 0.6 is 31.9 Å². The van der Waals surface area contributed by atoms with Crippen molar-refractivity contribution in [2.24, 2.45) is 0 Å². The van der Waals surface area contributed by atoms with Gasteiger partial charge in [-0.25, -0.2) is 0 Å². The summed E-state index contributed by atoms with van der Waals surface area (Å²) in [7, 11) is 0. The van der Waals surface area contributed by atoms with Crippen molar-refractivity contribution in [1.29, 1.82) is 0 Å². The van der Waals surface area contributed by atoms with Gasteiger partial charge < -0.3 is 9.80 Å². The van der Waals surface area contributed by atoms with Gasteiger partial charge in [0.05, 0.1) is 0 Å². The summed E-state index contributed by atoms with van der Waals surface area (Å²) in [5.74, 6) is 0. The van der Waals surface area contributed by atoms with Crippen molar-refractivity contribution < 1.29 is 0 Å². The second kappa shape index (κ2) is 38.4. The van der Waals surface area contributed by atoms with E-state index in [-0.39, 0.29) is 0 Å². The minimum atomic E-state index is 1.18. The lowest BCUT2D eigenvalue weighted by atomic mass is 10.1. The quantitative estimate of drug-likeness (QED) is 0.0835. The van der Waals surface area contributed by atoms with Crippen molar-refractivity contribution in [2.45, 2.75) is 144 Å². The van der Waals surface area contributed by atoms with Gasteiger partial charge in [-0.3, -0.25) is 0 Å². The smallest absolute Gasteiger partial charge is 0.00313 e. The molecule has 0 unspecified atom stereocenters. The molecule has 4 heteroatoms. The Morgan fingerprint density at radius 3 is 0.647 bits per heavy atom. The number of halogens is 2. The van der Waals surface area contributed by atoms with E-state index in [0.29, 0.717) is 0 Å². The third-order valence-corrected chi connectivity index (χ3v) is 6.88. The number of hydrogen-bond acceptors (Lipinski definition) is 2. The Kier molecular flexibility index (Phi) is 44.5. The molecule has 0 heterocycles. The van der Waals surface area contributed by atoms with Crippen LogP contribution in [-0.4, -0.2) is 59.7 Å². The molecule has 0 aliphatic heterocycles. The lowest BCUT2D eigenvalue weighted by Crippen LogP contribution is -2.26. The van der Waals surface area contributed by atoms with Crippen LogP contribution in [0, 0.1) is 0 Å². The minimum absolute atomic E-state index is 1.18. The average Bonchev–Trinajstić information content (AvgIpc) is 2.82. The van der Waals surface area contributed by atoms with E-state index < -0.39 is 0 Å². The molecule has 2 nitrogen and oxygen atoms in total.